The van der Waals surface area contributed by atoms with Gasteiger partial charge in [-0.2, -0.15) is 5.10 Å². The molecule has 0 unspecified atom stereocenters. The maximum absolute atomic E-state index is 12.9. The number of hydrogen-bond donors (Lipinski definition) is 1. The number of piperidine rings is 1. The molecule has 1 N–H and O–H groups in total. The number of ether oxygens (including phenoxy) is 1. The quantitative estimate of drug-likeness (QED) is 0.712. The number of pyridine rings is 1. The molecule has 2 aliphatic heterocycles. The molecule has 0 atom stereocenters. The number of rotatable bonds is 2. The largest absolute Gasteiger partial charge is 0.368 e. The van der Waals surface area contributed by atoms with Gasteiger partial charge in [0.15, 0.2) is 0 Å². The van der Waals surface area contributed by atoms with E-state index >= 15 is 0 Å². The standard InChI is InChI=1S/C23H24N4O3/c1-16-13-18(14-20(28)24-16)22(29)26-10-8-23(9-11-26)21-17(7-12-30-23)15-27(25-21)19-5-3-2-4-6-19/h2-6,13-15H,7-12H2,1H3,(H,24,28). The second-order valence-corrected chi connectivity index (χ2v) is 8.08. The van der Waals surface area contributed by atoms with Crippen LogP contribution in [0.25, 0.3) is 5.69 Å². The van der Waals surface area contributed by atoms with Crippen molar-refractivity contribution in [3.63, 3.8) is 0 Å². The van der Waals surface area contributed by atoms with Crippen LogP contribution in [0.3, 0.4) is 0 Å². The highest BCUT2D eigenvalue weighted by molar-refractivity contribution is 5.94. The molecular weight excluding hydrogens is 380 g/mol. The van der Waals surface area contributed by atoms with E-state index in [2.05, 4.69) is 11.2 Å². The van der Waals surface area contributed by atoms with E-state index in [1.165, 1.54) is 11.6 Å². The number of H-pyrrole nitrogens is 1. The van der Waals surface area contributed by atoms with Gasteiger partial charge in [0.05, 0.1) is 18.0 Å². The van der Waals surface area contributed by atoms with Gasteiger partial charge < -0.3 is 14.6 Å². The Morgan fingerprint density at radius 3 is 2.67 bits per heavy atom. The number of nitrogens with zero attached hydrogens (tertiary/aromatic N) is 3. The number of para-hydroxylation sites is 1. The summed E-state index contributed by atoms with van der Waals surface area (Å²) in [4.78, 5) is 29.2. The number of nitrogens with one attached hydrogen (secondary N) is 1. The first-order valence-electron chi connectivity index (χ1n) is 10.3. The van der Waals surface area contributed by atoms with Crippen molar-refractivity contribution in [2.24, 2.45) is 0 Å². The first kappa shape index (κ1) is 18.8. The number of carbonyl (C=O) groups is 1. The normalized spacial score (nSPS) is 17.7. The van der Waals surface area contributed by atoms with Crippen molar-refractivity contribution < 1.29 is 9.53 Å². The molecule has 1 aromatic carbocycles. The van der Waals surface area contributed by atoms with Crippen LogP contribution >= 0.6 is 0 Å². The Balaban J connectivity index is 1.38. The molecule has 154 valence electrons. The average Bonchev–Trinajstić information content (AvgIpc) is 3.20. The Morgan fingerprint density at radius 2 is 1.93 bits per heavy atom. The first-order chi connectivity index (χ1) is 14.5. The molecule has 0 radical (unpaired) electrons. The highest BCUT2D eigenvalue weighted by Gasteiger charge is 2.44. The predicted molar refractivity (Wildman–Crippen MR) is 112 cm³/mol. The van der Waals surface area contributed by atoms with Gasteiger partial charge in [0.2, 0.25) is 5.56 Å². The number of aryl methyl sites for hydroxylation is 1. The van der Waals surface area contributed by atoms with E-state index in [9.17, 15) is 9.59 Å². The minimum Gasteiger partial charge on any atom is -0.368 e. The van der Waals surface area contributed by atoms with E-state index in [0.29, 0.717) is 43.8 Å². The zero-order valence-electron chi connectivity index (χ0n) is 16.9. The summed E-state index contributed by atoms with van der Waals surface area (Å²) in [7, 11) is 0. The lowest BCUT2D eigenvalue weighted by molar-refractivity contribution is -0.0963. The molecule has 2 aliphatic rings. The van der Waals surface area contributed by atoms with Gasteiger partial charge in [0, 0.05) is 36.6 Å². The molecule has 30 heavy (non-hydrogen) atoms. The summed E-state index contributed by atoms with van der Waals surface area (Å²) in [6.07, 6.45) is 4.34. The van der Waals surface area contributed by atoms with Crippen LogP contribution in [0.1, 0.15) is 40.2 Å². The summed E-state index contributed by atoms with van der Waals surface area (Å²) in [6, 6.07) is 13.2. The smallest absolute Gasteiger partial charge is 0.254 e. The summed E-state index contributed by atoms with van der Waals surface area (Å²) in [5.74, 6) is -0.107. The van der Waals surface area contributed by atoms with Crippen LogP contribution in [0.2, 0.25) is 0 Å². The van der Waals surface area contributed by atoms with Crippen LogP contribution in [0.4, 0.5) is 0 Å². The maximum Gasteiger partial charge on any atom is 0.254 e. The molecule has 2 aromatic heterocycles. The molecule has 1 amide bonds. The third kappa shape index (κ3) is 3.25. The van der Waals surface area contributed by atoms with Gasteiger partial charge in [-0.15, -0.1) is 0 Å². The molecule has 3 aromatic rings. The SMILES string of the molecule is Cc1cc(C(=O)N2CCC3(CC2)OCCc2cn(-c4ccccc4)nc23)cc(=O)[nH]1. The number of amides is 1. The van der Waals surface area contributed by atoms with Crippen LogP contribution in [0.15, 0.2) is 53.5 Å². The van der Waals surface area contributed by atoms with Gasteiger partial charge in [-0.1, -0.05) is 18.2 Å². The molecule has 1 spiro atoms. The van der Waals surface area contributed by atoms with Crippen molar-refractivity contribution in [1.29, 1.82) is 0 Å². The lowest BCUT2D eigenvalue weighted by atomic mass is 9.83. The number of benzene rings is 1. The topological polar surface area (TPSA) is 80.2 Å². The Morgan fingerprint density at radius 1 is 1.17 bits per heavy atom. The zero-order chi connectivity index (χ0) is 20.7. The van der Waals surface area contributed by atoms with Crippen LogP contribution < -0.4 is 5.56 Å². The Kier molecular flexibility index (Phi) is 4.55. The number of likely N-dealkylation sites (tertiary alicyclic amines) is 1. The van der Waals surface area contributed by atoms with Crippen molar-refractivity contribution in [2.75, 3.05) is 19.7 Å². The van der Waals surface area contributed by atoms with Crippen LogP contribution in [0.5, 0.6) is 0 Å². The molecule has 0 bridgehead atoms. The van der Waals surface area contributed by atoms with Crippen LogP contribution in [-0.4, -0.2) is 45.3 Å². The minimum absolute atomic E-state index is 0.107. The molecule has 4 heterocycles. The second-order valence-electron chi connectivity index (χ2n) is 8.08. The predicted octanol–water partition coefficient (Wildman–Crippen LogP) is 2.57. The number of carbonyl (C=O) groups excluding carboxylic acids is 1. The highest BCUT2D eigenvalue weighted by Crippen LogP contribution is 2.41. The van der Waals surface area contributed by atoms with E-state index in [4.69, 9.17) is 9.84 Å². The fourth-order valence-corrected chi connectivity index (χ4v) is 4.55. The third-order valence-electron chi connectivity index (χ3n) is 6.08. The van der Waals surface area contributed by atoms with Gasteiger partial charge in [0.25, 0.3) is 5.91 Å². The zero-order valence-corrected chi connectivity index (χ0v) is 16.9. The Labute approximate surface area is 174 Å². The Bertz CT molecular complexity index is 1140. The van der Waals surface area contributed by atoms with Gasteiger partial charge in [0.1, 0.15) is 5.60 Å². The second kappa shape index (κ2) is 7.25. The van der Waals surface area contributed by atoms with Gasteiger partial charge in [-0.05, 0) is 49.9 Å². The van der Waals surface area contributed by atoms with E-state index in [1.807, 2.05) is 39.9 Å². The number of hydrogen-bond acceptors (Lipinski definition) is 4. The van der Waals surface area contributed by atoms with Crippen molar-refractivity contribution in [3.8, 4) is 5.69 Å². The van der Waals surface area contributed by atoms with E-state index in [1.54, 1.807) is 13.0 Å². The van der Waals surface area contributed by atoms with Crippen LogP contribution in [-0.2, 0) is 16.8 Å². The molecule has 0 saturated carbocycles. The van der Waals surface area contributed by atoms with Crippen molar-refractivity contribution >= 4 is 5.91 Å². The van der Waals surface area contributed by atoms with Crippen molar-refractivity contribution in [3.05, 3.63) is 81.5 Å². The third-order valence-corrected chi connectivity index (χ3v) is 6.08. The van der Waals surface area contributed by atoms with E-state index < -0.39 is 5.60 Å². The fraction of sp³-hybridized carbons (Fsp3) is 0.348. The monoisotopic (exact) mass is 404 g/mol. The number of aromatic nitrogens is 3. The lowest BCUT2D eigenvalue weighted by Crippen LogP contribution is -2.48. The molecule has 1 saturated heterocycles. The molecular formula is C23H24N4O3. The highest BCUT2D eigenvalue weighted by atomic mass is 16.5. The van der Waals surface area contributed by atoms with Gasteiger partial charge >= 0.3 is 0 Å². The molecule has 7 heteroatoms. The summed E-state index contributed by atoms with van der Waals surface area (Å²) in [6.45, 7) is 3.59. The van der Waals surface area contributed by atoms with Crippen LogP contribution in [0, 0.1) is 6.92 Å². The van der Waals surface area contributed by atoms with Crippen molar-refractivity contribution in [1.82, 2.24) is 19.7 Å². The average molecular weight is 404 g/mol. The summed E-state index contributed by atoms with van der Waals surface area (Å²) in [5, 5.41) is 4.89. The first-order valence-corrected chi connectivity index (χ1v) is 10.3. The Hall–Kier alpha value is -3.19. The maximum atomic E-state index is 12.9. The number of aromatic amines is 1. The van der Waals surface area contributed by atoms with E-state index in [0.717, 1.165) is 17.8 Å². The summed E-state index contributed by atoms with van der Waals surface area (Å²) < 4.78 is 8.21. The lowest BCUT2D eigenvalue weighted by Gasteiger charge is -2.43. The van der Waals surface area contributed by atoms with Crippen molar-refractivity contribution in [2.45, 2.75) is 31.8 Å². The summed E-state index contributed by atoms with van der Waals surface area (Å²) in [5.41, 5.74) is 3.66. The van der Waals surface area contributed by atoms with E-state index in [-0.39, 0.29) is 11.5 Å². The van der Waals surface area contributed by atoms with Gasteiger partial charge in [-0.3, -0.25) is 9.59 Å². The van der Waals surface area contributed by atoms with Gasteiger partial charge in [-0.25, -0.2) is 4.68 Å². The molecule has 7 nitrogen and oxygen atoms in total. The molecule has 0 aliphatic carbocycles. The minimum atomic E-state index is -0.450. The molecule has 1 fully saturated rings. The molecule has 5 rings (SSSR count). The summed E-state index contributed by atoms with van der Waals surface area (Å²) >= 11 is 0. The fourth-order valence-electron chi connectivity index (χ4n) is 4.55. The number of fused-ring (bicyclic) bond motifs is 2.